The van der Waals surface area contributed by atoms with Crippen molar-refractivity contribution in [3.63, 3.8) is 0 Å². The first-order chi connectivity index (χ1) is 11.3. The molecule has 0 aromatic heterocycles. The number of allylic oxidation sites excluding steroid dienone is 1. The number of benzene rings is 2. The van der Waals surface area contributed by atoms with Gasteiger partial charge in [0.25, 0.3) is 0 Å². The van der Waals surface area contributed by atoms with Crippen LogP contribution >= 0.6 is 0 Å². The van der Waals surface area contributed by atoms with E-state index in [1.165, 1.54) is 47.9 Å². The summed E-state index contributed by atoms with van der Waals surface area (Å²) in [6, 6.07) is 17.8. The number of hydrogen-bond acceptors (Lipinski definition) is 1. The third kappa shape index (κ3) is 3.92. The average Bonchev–Trinajstić information content (AvgIpc) is 2.63. The van der Waals surface area contributed by atoms with Gasteiger partial charge in [0.1, 0.15) is 0 Å². The van der Waals surface area contributed by atoms with Crippen molar-refractivity contribution in [1.29, 1.82) is 0 Å². The molecule has 1 nitrogen and oxygen atoms in total. The van der Waals surface area contributed by atoms with E-state index >= 15 is 0 Å². The zero-order valence-electron chi connectivity index (χ0n) is 14.0. The maximum atomic E-state index is 5.17. The summed E-state index contributed by atoms with van der Waals surface area (Å²) in [5, 5.41) is 0. The van der Waals surface area contributed by atoms with Crippen molar-refractivity contribution in [2.45, 2.75) is 38.2 Å². The van der Waals surface area contributed by atoms with Gasteiger partial charge in [0.05, 0.1) is 6.61 Å². The van der Waals surface area contributed by atoms with Crippen molar-refractivity contribution in [2.75, 3.05) is 7.11 Å². The Morgan fingerprint density at radius 1 is 0.913 bits per heavy atom. The lowest BCUT2D eigenvalue weighted by molar-refractivity contribution is 0.185. The lowest BCUT2D eigenvalue weighted by atomic mass is 9.78. The summed E-state index contributed by atoms with van der Waals surface area (Å²) in [6.45, 7) is 4.61. The molecule has 1 aliphatic rings. The standard InChI is InChI=1S/C22H26O/c1-3-17-4-8-19(9-5-17)21-12-14-22(15-13-21)20-10-6-18(7-11-20)16-23-2/h3,6-7,10-15,17,19H,1,4-5,8-9,16H2,2H3. The molecule has 23 heavy (non-hydrogen) atoms. The topological polar surface area (TPSA) is 9.23 Å². The second kappa shape index (κ2) is 7.61. The summed E-state index contributed by atoms with van der Waals surface area (Å²) in [5.41, 5.74) is 5.27. The highest BCUT2D eigenvalue weighted by molar-refractivity contribution is 5.64. The molecule has 2 aromatic rings. The second-order valence-electron chi connectivity index (χ2n) is 6.60. The third-order valence-electron chi connectivity index (χ3n) is 5.09. The molecule has 0 radical (unpaired) electrons. The Balaban J connectivity index is 1.68. The van der Waals surface area contributed by atoms with Gasteiger partial charge in [0.15, 0.2) is 0 Å². The Labute approximate surface area is 140 Å². The number of hydrogen-bond donors (Lipinski definition) is 0. The summed E-state index contributed by atoms with van der Waals surface area (Å²) in [5.74, 6) is 1.46. The smallest absolute Gasteiger partial charge is 0.0713 e. The Kier molecular flexibility index (Phi) is 5.30. The van der Waals surface area contributed by atoms with Gasteiger partial charge in [-0.05, 0) is 59.8 Å². The predicted octanol–water partition coefficient (Wildman–Crippen LogP) is 5.96. The molecular weight excluding hydrogens is 280 g/mol. The molecule has 0 unspecified atom stereocenters. The van der Waals surface area contributed by atoms with Crippen LogP contribution in [0.15, 0.2) is 61.2 Å². The number of rotatable bonds is 5. The van der Waals surface area contributed by atoms with Crippen molar-refractivity contribution in [2.24, 2.45) is 5.92 Å². The van der Waals surface area contributed by atoms with E-state index in [9.17, 15) is 0 Å². The highest BCUT2D eigenvalue weighted by Gasteiger charge is 2.20. The molecule has 120 valence electrons. The van der Waals surface area contributed by atoms with Crippen LogP contribution in [0.2, 0.25) is 0 Å². The van der Waals surface area contributed by atoms with Crippen LogP contribution in [0.1, 0.15) is 42.7 Å². The monoisotopic (exact) mass is 306 g/mol. The summed E-state index contributed by atoms with van der Waals surface area (Å²) in [6.07, 6.45) is 7.30. The molecule has 1 saturated carbocycles. The van der Waals surface area contributed by atoms with Crippen LogP contribution in [0.4, 0.5) is 0 Å². The number of methoxy groups -OCH3 is 1. The van der Waals surface area contributed by atoms with Gasteiger partial charge < -0.3 is 4.74 Å². The molecular formula is C22H26O. The first-order valence-corrected chi connectivity index (χ1v) is 8.61. The van der Waals surface area contributed by atoms with Crippen molar-refractivity contribution >= 4 is 0 Å². The molecule has 0 spiro atoms. The SMILES string of the molecule is C=CC1CCC(c2ccc(-c3ccc(COC)cc3)cc2)CC1. The van der Waals surface area contributed by atoms with Crippen LogP contribution in [0.25, 0.3) is 11.1 Å². The van der Waals surface area contributed by atoms with Gasteiger partial charge in [-0.1, -0.05) is 54.6 Å². The Morgan fingerprint density at radius 3 is 2.00 bits per heavy atom. The maximum Gasteiger partial charge on any atom is 0.0713 e. The molecule has 0 aliphatic heterocycles. The van der Waals surface area contributed by atoms with Gasteiger partial charge in [-0.2, -0.15) is 0 Å². The van der Waals surface area contributed by atoms with Crippen LogP contribution in [0, 0.1) is 5.92 Å². The third-order valence-corrected chi connectivity index (χ3v) is 5.09. The molecule has 0 heterocycles. The highest BCUT2D eigenvalue weighted by atomic mass is 16.5. The van der Waals surface area contributed by atoms with E-state index in [4.69, 9.17) is 4.74 Å². The van der Waals surface area contributed by atoms with Gasteiger partial charge in [-0.25, -0.2) is 0 Å². The Bertz CT molecular complexity index is 616. The van der Waals surface area contributed by atoms with Crippen LogP contribution in [-0.4, -0.2) is 7.11 Å². The van der Waals surface area contributed by atoms with E-state index in [0.29, 0.717) is 6.61 Å². The second-order valence-corrected chi connectivity index (χ2v) is 6.60. The van der Waals surface area contributed by atoms with E-state index in [1.807, 2.05) is 0 Å². The van der Waals surface area contributed by atoms with Crippen molar-refractivity contribution in [1.82, 2.24) is 0 Å². The van der Waals surface area contributed by atoms with E-state index in [2.05, 4.69) is 61.2 Å². The summed E-state index contributed by atoms with van der Waals surface area (Å²) in [4.78, 5) is 0. The number of ether oxygens (including phenoxy) is 1. The molecule has 3 rings (SSSR count). The minimum atomic E-state index is 0.673. The maximum absolute atomic E-state index is 5.17. The van der Waals surface area contributed by atoms with Crippen LogP contribution in [0.3, 0.4) is 0 Å². The first kappa shape index (κ1) is 16.0. The van der Waals surface area contributed by atoms with Gasteiger partial charge in [-0.3, -0.25) is 0 Å². The first-order valence-electron chi connectivity index (χ1n) is 8.61. The lowest BCUT2D eigenvalue weighted by Gasteiger charge is -2.27. The molecule has 0 saturated heterocycles. The van der Waals surface area contributed by atoms with Gasteiger partial charge in [0.2, 0.25) is 0 Å². The van der Waals surface area contributed by atoms with E-state index in [-0.39, 0.29) is 0 Å². The minimum Gasteiger partial charge on any atom is -0.380 e. The van der Waals surface area contributed by atoms with Crippen LogP contribution in [0.5, 0.6) is 0 Å². The zero-order valence-corrected chi connectivity index (χ0v) is 14.0. The van der Waals surface area contributed by atoms with Crippen molar-refractivity contribution in [3.05, 3.63) is 72.3 Å². The zero-order chi connectivity index (χ0) is 16.1. The largest absolute Gasteiger partial charge is 0.380 e. The minimum absolute atomic E-state index is 0.673. The van der Waals surface area contributed by atoms with E-state index in [0.717, 1.165) is 11.8 Å². The summed E-state index contributed by atoms with van der Waals surface area (Å²) >= 11 is 0. The summed E-state index contributed by atoms with van der Waals surface area (Å²) < 4.78 is 5.17. The molecule has 0 atom stereocenters. The molecule has 0 bridgehead atoms. The molecule has 1 aliphatic carbocycles. The fourth-order valence-electron chi connectivity index (χ4n) is 3.60. The highest BCUT2D eigenvalue weighted by Crippen LogP contribution is 2.36. The lowest BCUT2D eigenvalue weighted by Crippen LogP contribution is -2.11. The normalized spacial score (nSPS) is 21.1. The van der Waals surface area contributed by atoms with E-state index in [1.54, 1.807) is 7.11 Å². The molecule has 0 N–H and O–H groups in total. The van der Waals surface area contributed by atoms with Crippen molar-refractivity contribution in [3.8, 4) is 11.1 Å². The van der Waals surface area contributed by atoms with Crippen LogP contribution < -0.4 is 0 Å². The Hall–Kier alpha value is -1.86. The summed E-state index contributed by atoms with van der Waals surface area (Å²) in [7, 11) is 1.73. The Morgan fingerprint density at radius 2 is 1.48 bits per heavy atom. The van der Waals surface area contributed by atoms with E-state index < -0.39 is 0 Å². The van der Waals surface area contributed by atoms with Crippen LogP contribution in [-0.2, 0) is 11.3 Å². The molecule has 2 aromatic carbocycles. The van der Waals surface area contributed by atoms with Crippen molar-refractivity contribution < 1.29 is 4.74 Å². The average molecular weight is 306 g/mol. The fraction of sp³-hybridized carbons (Fsp3) is 0.364. The quantitative estimate of drug-likeness (QED) is 0.619. The van der Waals surface area contributed by atoms with Gasteiger partial charge >= 0.3 is 0 Å². The predicted molar refractivity (Wildman–Crippen MR) is 97.5 cm³/mol. The molecule has 1 heteroatoms. The molecule has 0 amide bonds. The fourth-order valence-corrected chi connectivity index (χ4v) is 3.60. The van der Waals surface area contributed by atoms with Gasteiger partial charge in [0, 0.05) is 7.11 Å². The van der Waals surface area contributed by atoms with Gasteiger partial charge in [-0.15, -0.1) is 6.58 Å². The molecule has 1 fully saturated rings.